The first-order valence-corrected chi connectivity index (χ1v) is 8.05. The third-order valence-corrected chi connectivity index (χ3v) is 4.42. The highest BCUT2D eigenvalue weighted by Gasteiger charge is 2.28. The van der Waals surface area contributed by atoms with Crippen molar-refractivity contribution in [3.05, 3.63) is 54.7 Å². The monoisotopic (exact) mass is 322 g/mol. The standard InChI is InChI=1S/C17H18N6O/c24-17(15-11-19-21-16(15)13-4-7-18-8-5-13)22-9-1-3-14(12-22)23-10-2-6-20-23/h2,4-8,10-11,14H,1,3,9,12H2,(H,19,21)/t14-/m1/s1. The Morgan fingerprint density at radius 2 is 2.12 bits per heavy atom. The summed E-state index contributed by atoms with van der Waals surface area (Å²) in [7, 11) is 0. The molecule has 122 valence electrons. The second-order valence-electron chi connectivity index (χ2n) is 5.93. The van der Waals surface area contributed by atoms with E-state index in [1.165, 1.54) is 0 Å². The number of carbonyl (C=O) groups excluding carboxylic acids is 1. The molecular formula is C17H18N6O. The van der Waals surface area contributed by atoms with Gasteiger partial charge in [-0.2, -0.15) is 10.2 Å². The fourth-order valence-electron chi connectivity index (χ4n) is 3.21. The predicted octanol–water partition coefficient (Wildman–Crippen LogP) is 2.15. The smallest absolute Gasteiger partial charge is 0.257 e. The quantitative estimate of drug-likeness (QED) is 0.801. The summed E-state index contributed by atoms with van der Waals surface area (Å²) in [5, 5.41) is 11.3. The van der Waals surface area contributed by atoms with Gasteiger partial charge < -0.3 is 4.90 Å². The molecule has 3 aromatic rings. The number of hydrogen-bond donors (Lipinski definition) is 1. The van der Waals surface area contributed by atoms with E-state index >= 15 is 0 Å². The molecule has 4 rings (SSSR count). The van der Waals surface area contributed by atoms with Crippen LogP contribution in [0, 0.1) is 0 Å². The van der Waals surface area contributed by atoms with Crippen molar-refractivity contribution in [2.75, 3.05) is 13.1 Å². The van der Waals surface area contributed by atoms with Crippen LogP contribution >= 0.6 is 0 Å². The number of carbonyl (C=O) groups is 1. The second-order valence-corrected chi connectivity index (χ2v) is 5.93. The van der Waals surface area contributed by atoms with Crippen LogP contribution in [0.3, 0.4) is 0 Å². The summed E-state index contributed by atoms with van der Waals surface area (Å²) >= 11 is 0. The molecule has 1 aliphatic heterocycles. The lowest BCUT2D eigenvalue weighted by Gasteiger charge is -2.32. The van der Waals surface area contributed by atoms with Gasteiger partial charge in [0.15, 0.2) is 0 Å². The molecule has 0 saturated carbocycles. The van der Waals surface area contributed by atoms with Gasteiger partial charge in [-0.1, -0.05) is 0 Å². The van der Waals surface area contributed by atoms with Gasteiger partial charge >= 0.3 is 0 Å². The molecule has 0 aromatic carbocycles. The molecule has 1 atom stereocenters. The highest BCUT2D eigenvalue weighted by Crippen LogP contribution is 2.25. The number of nitrogens with one attached hydrogen (secondary N) is 1. The lowest BCUT2D eigenvalue weighted by atomic mass is 10.0. The SMILES string of the molecule is O=C(c1cn[nH]c1-c1ccncc1)N1CCC[C@@H](n2cccn2)C1. The molecule has 1 aliphatic rings. The number of amides is 1. The van der Waals surface area contributed by atoms with Gasteiger partial charge in [-0.15, -0.1) is 0 Å². The third kappa shape index (κ3) is 2.68. The molecule has 7 heteroatoms. The third-order valence-electron chi connectivity index (χ3n) is 4.42. The maximum absolute atomic E-state index is 13.0. The highest BCUT2D eigenvalue weighted by atomic mass is 16.2. The van der Waals surface area contributed by atoms with Crippen molar-refractivity contribution >= 4 is 5.91 Å². The van der Waals surface area contributed by atoms with Crippen molar-refractivity contribution in [1.82, 2.24) is 29.9 Å². The van der Waals surface area contributed by atoms with E-state index in [0.717, 1.165) is 30.6 Å². The summed E-state index contributed by atoms with van der Waals surface area (Å²) in [6, 6.07) is 5.88. The van der Waals surface area contributed by atoms with Gasteiger partial charge in [0.1, 0.15) is 0 Å². The summed E-state index contributed by atoms with van der Waals surface area (Å²) in [4.78, 5) is 18.9. The van der Waals surface area contributed by atoms with Gasteiger partial charge in [0.25, 0.3) is 5.91 Å². The van der Waals surface area contributed by atoms with E-state index in [9.17, 15) is 4.79 Å². The van der Waals surface area contributed by atoms with Crippen molar-refractivity contribution < 1.29 is 4.79 Å². The van der Waals surface area contributed by atoms with E-state index in [-0.39, 0.29) is 11.9 Å². The molecule has 3 aromatic heterocycles. The fraction of sp³-hybridized carbons (Fsp3) is 0.294. The first-order valence-electron chi connectivity index (χ1n) is 8.05. The molecule has 24 heavy (non-hydrogen) atoms. The molecule has 0 radical (unpaired) electrons. The van der Waals surface area contributed by atoms with E-state index in [2.05, 4.69) is 20.3 Å². The molecule has 7 nitrogen and oxygen atoms in total. The van der Waals surface area contributed by atoms with E-state index in [0.29, 0.717) is 12.1 Å². The maximum Gasteiger partial charge on any atom is 0.257 e. The van der Waals surface area contributed by atoms with Crippen LogP contribution in [-0.2, 0) is 0 Å². The van der Waals surface area contributed by atoms with E-state index in [4.69, 9.17) is 0 Å². The molecular weight excluding hydrogens is 304 g/mol. The number of aromatic nitrogens is 5. The van der Waals surface area contributed by atoms with Crippen molar-refractivity contribution in [2.24, 2.45) is 0 Å². The zero-order valence-corrected chi connectivity index (χ0v) is 13.2. The summed E-state index contributed by atoms with van der Waals surface area (Å²) in [5.74, 6) is 0.00687. The minimum absolute atomic E-state index is 0.00687. The highest BCUT2D eigenvalue weighted by molar-refractivity contribution is 5.99. The Morgan fingerprint density at radius 3 is 2.92 bits per heavy atom. The molecule has 4 heterocycles. The number of hydrogen-bond acceptors (Lipinski definition) is 4. The predicted molar refractivity (Wildman–Crippen MR) is 88.2 cm³/mol. The van der Waals surface area contributed by atoms with Crippen molar-refractivity contribution in [3.8, 4) is 11.3 Å². The number of likely N-dealkylation sites (tertiary alicyclic amines) is 1. The maximum atomic E-state index is 13.0. The number of nitrogens with zero attached hydrogens (tertiary/aromatic N) is 5. The van der Waals surface area contributed by atoms with Crippen LogP contribution in [0.5, 0.6) is 0 Å². The number of piperidine rings is 1. The first-order chi connectivity index (χ1) is 11.8. The van der Waals surface area contributed by atoms with Crippen LogP contribution in [0.25, 0.3) is 11.3 Å². The zero-order valence-electron chi connectivity index (χ0n) is 13.2. The average Bonchev–Trinajstić information content (AvgIpc) is 3.34. The summed E-state index contributed by atoms with van der Waals surface area (Å²) in [5.41, 5.74) is 2.25. The van der Waals surface area contributed by atoms with E-state index in [1.807, 2.05) is 34.0 Å². The first kappa shape index (κ1) is 14.6. The van der Waals surface area contributed by atoms with Crippen LogP contribution in [-0.4, -0.2) is 48.9 Å². The largest absolute Gasteiger partial charge is 0.336 e. The summed E-state index contributed by atoms with van der Waals surface area (Å²) in [6.45, 7) is 1.43. The van der Waals surface area contributed by atoms with Gasteiger partial charge in [-0.25, -0.2) is 0 Å². The van der Waals surface area contributed by atoms with Gasteiger partial charge in [-0.3, -0.25) is 19.6 Å². The Morgan fingerprint density at radius 1 is 1.25 bits per heavy atom. The number of H-pyrrole nitrogens is 1. The molecule has 0 bridgehead atoms. The lowest BCUT2D eigenvalue weighted by Crippen LogP contribution is -2.40. The molecule has 1 N–H and O–H groups in total. The van der Waals surface area contributed by atoms with E-state index in [1.54, 1.807) is 24.8 Å². The van der Waals surface area contributed by atoms with Crippen molar-refractivity contribution in [1.29, 1.82) is 0 Å². The number of rotatable bonds is 3. The molecule has 1 amide bonds. The van der Waals surface area contributed by atoms with Crippen LogP contribution in [0.4, 0.5) is 0 Å². The van der Waals surface area contributed by atoms with Gasteiger partial charge in [0.05, 0.1) is 23.5 Å². The molecule has 0 unspecified atom stereocenters. The Labute approximate surface area is 139 Å². The normalized spacial score (nSPS) is 17.8. The average molecular weight is 322 g/mol. The van der Waals surface area contributed by atoms with Crippen LogP contribution < -0.4 is 0 Å². The molecule has 0 spiro atoms. The summed E-state index contributed by atoms with van der Waals surface area (Å²) < 4.78 is 1.94. The Bertz CT molecular complexity index is 811. The number of aromatic amines is 1. The summed E-state index contributed by atoms with van der Waals surface area (Å²) in [6.07, 6.45) is 10.8. The van der Waals surface area contributed by atoms with Crippen LogP contribution in [0.2, 0.25) is 0 Å². The van der Waals surface area contributed by atoms with Gasteiger partial charge in [0.2, 0.25) is 0 Å². The van der Waals surface area contributed by atoms with Crippen LogP contribution in [0.1, 0.15) is 29.2 Å². The van der Waals surface area contributed by atoms with Crippen molar-refractivity contribution in [2.45, 2.75) is 18.9 Å². The fourth-order valence-corrected chi connectivity index (χ4v) is 3.21. The molecule has 1 saturated heterocycles. The van der Waals surface area contributed by atoms with Crippen LogP contribution in [0.15, 0.2) is 49.2 Å². The van der Waals surface area contributed by atoms with E-state index < -0.39 is 0 Å². The number of pyridine rings is 1. The van der Waals surface area contributed by atoms with Gasteiger partial charge in [0, 0.05) is 43.4 Å². The Kier molecular flexibility index (Phi) is 3.82. The molecule has 1 fully saturated rings. The molecule has 0 aliphatic carbocycles. The van der Waals surface area contributed by atoms with Crippen molar-refractivity contribution in [3.63, 3.8) is 0 Å². The lowest BCUT2D eigenvalue weighted by molar-refractivity contribution is 0.0674. The zero-order chi connectivity index (χ0) is 16.4. The Hall–Kier alpha value is -2.96. The Balaban J connectivity index is 1.57. The second kappa shape index (κ2) is 6.27. The topological polar surface area (TPSA) is 79.7 Å². The minimum atomic E-state index is 0.00687. The minimum Gasteiger partial charge on any atom is -0.336 e. The van der Waals surface area contributed by atoms with Gasteiger partial charge in [-0.05, 0) is 31.0 Å².